The van der Waals surface area contributed by atoms with Gasteiger partial charge in [0.15, 0.2) is 0 Å². The summed E-state index contributed by atoms with van der Waals surface area (Å²) < 4.78 is 76.5. The van der Waals surface area contributed by atoms with E-state index < -0.39 is 34.6 Å². The van der Waals surface area contributed by atoms with Gasteiger partial charge in [0.2, 0.25) is 10.0 Å². The molecule has 1 aromatic rings. The molecule has 0 heterocycles. The predicted molar refractivity (Wildman–Crippen MR) is 71.0 cm³/mol. The van der Waals surface area contributed by atoms with Crippen LogP contribution in [-0.4, -0.2) is 31.5 Å². The van der Waals surface area contributed by atoms with Crippen LogP contribution in [0.1, 0.15) is 25.0 Å². The lowest BCUT2D eigenvalue weighted by atomic mass is 10.1. The van der Waals surface area contributed by atoms with Crippen LogP contribution in [0.25, 0.3) is 0 Å². The van der Waals surface area contributed by atoms with Crippen molar-refractivity contribution < 1.29 is 26.0 Å². The number of aryl methyl sites for hydroxylation is 2. The Morgan fingerprint density at radius 1 is 1.14 bits per heavy atom. The summed E-state index contributed by atoms with van der Waals surface area (Å²) in [6.45, 7) is 3.85. The van der Waals surface area contributed by atoms with Gasteiger partial charge in [-0.1, -0.05) is 0 Å². The fourth-order valence-corrected chi connectivity index (χ4v) is 4.18. The lowest BCUT2D eigenvalue weighted by molar-refractivity contribution is -0.138. The molecule has 0 N–H and O–H groups in total. The predicted octanol–water partition coefficient (Wildman–Crippen LogP) is 3.40. The molecule has 0 aliphatic heterocycles. The van der Waals surface area contributed by atoms with E-state index in [2.05, 4.69) is 0 Å². The molecular weight excluding hydrogens is 310 g/mol. The number of nitrogens with zero attached hydrogens (tertiary/aromatic N) is 1. The first-order valence-corrected chi connectivity index (χ1v) is 7.65. The number of sulfonamides is 1. The van der Waals surface area contributed by atoms with Crippen LogP contribution in [0.2, 0.25) is 0 Å². The van der Waals surface area contributed by atoms with Gasteiger partial charge in [-0.25, -0.2) is 12.8 Å². The van der Waals surface area contributed by atoms with Crippen LogP contribution in [0.5, 0.6) is 0 Å². The molecule has 0 bridgehead atoms. The maximum absolute atomic E-state index is 13.2. The van der Waals surface area contributed by atoms with E-state index in [-0.39, 0.29) is 16.0 Å². The van der Waals surface area contributed by atoms with Crippen molar-refractivity contribution in [3.05, 3.63) is 29.1 Å². The van der Waals surface area contributed by atoms with Crippen LogP contribution in [0.4, 0.5) is 17.6 Å². The number of rotatable bonds is 4. The Morgan fingerprint density at radius 2 is 1.57 bits per heavy atom. The molecule has 0 saturated carbocycles. The van der Waals surface area contributed by atoms with Crippen molar-refractivity contribution in [3.8, 4) is 0 Å². The Labute approximate surface area is 121 Å². The Bertz CT molecular complexity index is 601. The molecule has 3 nitrogen and oxygen atoms in total. The van der Waals surface area contributed by atoms with Crippen molar-refractivity contribution in [1.82, 2.24) is 4.31 Å². The Kier molecular flexibility index (Phi) is 5.05. The summed E-state index contributed by atoms with van der Waals surface area (Å²) >= 11 is 0. The molecule has 0 aromatic heterocycles. The molecule has 0 amide bonds. The Balaban J connectivity index is 3.44. The van der Waals surface area contributed by atoms with Gasteiger partial charge in [0.25, 0.3) is 0 Å². The molecule has 0 radical (unpaired) electrons. The van der Waals surface area contributed by atoms with Gasteiger partial charge in [0, 0.05) is 6.04 Å². The van der Waals surface area contributed by atoms with Gasteiger partial charge in [0.1, 0.15) is 12.4 Å². The van der Waals surface area contributed by atoms with Crippen LogP contribution in [0.15, 0.2) is 17.0 Å². The van der Waals surface area contributed by atoms with E-state index in [9.17, 15) is 26.0 Å². The number of halogens is 4. The molecule has 0 atom stereocenters. The van der Waals surface area contributed by atoms with E-state index >= 15 is 0 Å². The third kappa shape index (κ3) is 4.16. The van der Waals surface area contributed by atoms with Gasteiger partial charge in [0.05, 0.1) is 4.90 Å². The van der Waals surface area contributed by atoms with Crippen molar-refractivity contribution in [2.45, 2.75) is 44.8 Å². The molecule has 1 aromatic carbocycles. The van der Waals surface area contributed by atoms with Gasteiger partial charge in [-0.3, -0.25) is 0 Å². The first-order valence-electron chi connectivity index (χ1n) is 6.21. The number of hydrogen-bond acceptors (Lipinski definition) is 2. The molecule has 0 unspecified atom stereocenters. The maximum Gasteiger partial charge on any atom is 0.402 e. The summed E-state index contributed by atoms with van der Waals surface area (Å²) in [4.78, 5) is -0.276. The lowest BCUT2D eigenvalue weighted by Gasteiger charge is -2.28. The van der Waals surface area contributed by atoms with Crippen LogP contribution in [0.3, 0.4) is 0 Å². The highest BCUT2D eigenvalue weighted by Crippen LogP contribution is 2.29. The summed E-state index contributed by atoms with van der Waals surface area (Å²) in [5.41, 5.74) is 0.167. The highest BCUT2D eigenvalue weighted by molar-refractivity contribution is 7.89. The van der Waals surface area contributed by atoms with Crippen molar-refractivity contribution in [2.24, 2.45) is 0 Å². The van der Waals surface area contributed by atoms with Crippen LogP contribution >= 0.6 is 0 Å². The number of benzene rings is 1. The Morgan fingerprint density at radius 3 is 1.90 bits per heavy atom. The second-order valence-corrected chi connectivity index (χ2v) is 6.96. The second kappa shape index (κ2) is 5.92. The van der Waals surface area contributed by atoms with Gasteiger partial charge in [-0.05, 0) is 51.0 Å². The van der Waals surface area contributed by atoms with E-state index in [1.807, 2.05) is 0 Å². The molecule has 0 saturated heterocycles. The smallest absolute Gasteiger partial charge is 0.207 e. The highest BCUT2D eigenvalue weighted by atomic mass is 32.2. The van der Waals surface area contributed by atoms with E-state index in [0.717, 1.165) is 12.1 Å². The average molecular weight is 327 g/mol. The molecule has 120 valence electrons. The summed E-state index contributed by atoms with van der Waals surface area (Å²) in [6, 6.07) is 1.11. The maximum atomic E-state index is 13.2. The zero-order chi connectivity index (χ0) is 16.6. The van der Waals surface area contributed by atoms with Gasteiger partial charge >= 0.3 is 6.18 Å². The average Bonchev–Trinajstić information content (AvgIpc) is 2.21. The van der Waals surface area contributed by atoms with Gasteiger partial charge in [-0.15, -0.1) is 0 Å². The number of hydrogen-bond donors (Lipinski definition) is 0. The van der Waals surface area contributed by atoms with Crippen LogP contribution < -0.4 is 0 Å². The van der Waals surface area contributed by atoms with Gasteiger partial charge < -0.3 is 0 Å². The fourth-order valence-electron chi connectivity index (χ4n) is 2.14. The third-order valence-electron chi connectivity index (χ3n) is 2.90. The summed E-state index contributed by atoms with van der Waals surface area (Å²) in [5, 5.41) is 0. The topological polar surface area (TPSA) is 37.4 Å². The van der Waals surface area contributed by atoms with E-state index in [0.29, 0.717) is 4.31 Å². The minimum Gasteiger partial charge on any atom is -0.207 e. The number of alkyl halides is 3. The summed E-state index contributed by atoms with van der Waals surface area (Å²) in [6.07, 6.45) is -4.65. The molecule has 8 heteroatoms. The molecule has 0 fully saturated rings. The van der Waals surface area contributed by atoms with Crippen LogP contribution in [-0.2, 0) is 10.0 Å². The Hall–Kier alpha value is -1.15. The van der Waals surface area contributed by atoms with Crippen molar-refractivity contribution >= 4 is 10.0 Å². The first kappa shape index (κ1) is 17.9. The lowest BCUT2D eigenvalue weighted by Crippen LogP contribution is -2.43. The third-order valence-corrected chi connectivity index (χ3v) is 5.23. The minimum atomic E-state index is -4.65. The molecular formula is C13H17F4NO2S. The van der Waals surface area contributed by atoms with Crippen molar-refractivity contribution in [3.63, 3.8) is 0 Å². The molecule has 0 spiro atoms. The molecule has 0 aliphatic carbocycles. The zero-order valence-corrected chi connectivity index (χ0v) is 12.9. The molecule has 0 aliphatic rings. The highest BCUT2D eigenvalue weighted by Gasteiger charge is 2.39. The first-order chi connectivity index (χ1) is 9.36. The van der Waals surface area contributed by atoms with E-state index in [1.54, 1.807) is 0 Å². The summed E-state index contributed by atoms with van der Waals surface area (Å²) in [5.74, 6) is -0.629. The van der Waals surface area contributed by atoms with E-state index in [1.165, 1.54) is 27.7 Å². The minimum absolute atomic E-state index is 0.0836. The summed E-state index contributed by atoms with van der Waals surface area (Å²) in [7, 11) is -4.36. The largest absolute Gasteiger partial charge is 0.402 e. The van der Waals surface area contributed by atoms with Crippen molar-refractivity contribution in [2.75, 3.05) is 6.54 Å². The standard InChI is InChI=1S/C13H17F4NO2S/c1-8(2)18(7-13(15,16)17)21(19,20)12-9(3)5-11(14)6-10(12)4/h5-6,8H,7H2,1-4H3. The fraction of sp³-hybridized carbons (Fsp3) is 0.538. The van der Waals surface area contributed by atoms with E-state index in [4.69, 9.17) is 0 Å². The van der Waals surface area contributed by atoms with Gasteiger partial charge in [-0.2, -0.15) is 17.5 Å². The van der Waals surface area contributed by atoms with Crippen LogP contribution in [0, 0.1) is 19.7 Å². The SMILES string of the molecule is Cc1cc(F)cc(C)c1S(=O)(=O)N(CC(F)(F)F)C(C)C. The normalized spacial score (nSPS) is 13.2. The monoisotopic (exact) mass is 327 g/mol. The second-order valence-electron chi connectivity index (χ2n) is 5.13. The quantitative estimate of drug-likeness (QED) is 0.795. The van der Waals surface area contributed by atoms with Crippen molar-refractivity contribution in [1.29, 1.82) is 0 Å². The molecule has 1 rings (SSSR count). The zero-order valence-electron chi connectivity index (χ0n) is 12.1. The molecule has 21 heavy (non-hydrogen) atoms.